The molecular formula is C17H13N5O2S. The Morgan fingerprint density at radius 3 is 2.96 bits per heavy atom. The molecule has 0 aromatic heterocycles. The number of carbonyl (C=O) groups excluding carboxylic acids is 2. The highest BCUT2D eigenvalue weighted by Gasteiger charge is 2.29. The van der Waals surface area contributed by atoms with Crippen molar-refractivity contribution in [3.05, 3.63) is 54.2 Å². The van der Waals surface area contributed by atoms with Gasteiger partial charge in [-0.05, 0) is 11.5 Å². The first-order chi connectivity index (χ1) is 12.2. The summed E-state index contributed by atoms with van der Waals surface area (Å²) in [5.74, 6) is -0.319. The predicted octanol–water partition coefficient (Wildman–Crippen LogP) is 2.67. The Bertz CT molecular complexity index is 961. The van der Waals surface area contributed by atoms with Gasteiger partial charge in [-0.2, -0.15) is 10.2 Å². The zero-order valence-corrected chi connectivity index (χ0v) is 13.8. The molecule has 2 amide bonds. The Hall–Kier alpha value is -3.00. The molecule has 2 N–H and O–H groups in total. The summed E-state index contributed by atoms with van der Waals surface area (Å²) >= 11 is 1.16. The van der Waals surface area contributed by atoms with Crippen molar-refractivity contribution in [3.8, 4) is 0 Å². The normalized spacial score (nSPS) is 18.4. The van der Waals surface area contributed by atoms with E-state index in [-0.39, 0.29) is 17.6 Å². The second-order valence-corrected chi connectivity index (χ2v) is 6.41. The van der Waals surface area contributed by atoms with Crippen LogP contribution in [0.1, 0.15) is 0 Å². The number of anilines is 1. The number of aliphatic imine (C=N–C) groups is 1. The van der Waals surface area contributed by atoms with Gasteiger partial charge in [0.2, 0.25) is 5.91 Å². The molecule has 0 fully saturated rings. The Balaban J connectivity index is 1.42. The monoisotopic (exact) mass is 351 g/mol. The Labute approximate surface area is 147 Å². The number of carbonyl (C=O) groups is 2. The van der Waals surface area contributed by atoms with Gasteiger partial charge >= 0.3 is 0 Å². The van der Waals surface area contributed by atoms with Crippen molar-refractivity contribution in [2.24, 2.45) is 15.2 Å². The quantitative estimate of drug-likeness (QED) is 0.890. The first-order valence-corrected chi connectivity index (χ1v) is 8.59. The average molecular weight is 351 g/mol. The standard InChI is InChI=1S/C17H13N5O2S/c23-14(19-13-7-3-5-10-4-1-2-6-11(10)13)9-25-17-20-15-12(8-18-22-15)16(24)21-17/h1-8,15H,9H2,(H,19,23)(H,20,21,24). The number of nitrogens with zero attached hydrogens (tertiary/aromatic N) is 3. The van der Waals surface area contributed by atoms with Gasteiger partial charge in [-0.3, -0.25) is 9.59 Å². The van der Waals surface area contributed by atoms with Gasteiger partial charge in [-0.15, -0.1) is 0 Å². The molecule has 0 aliphatic carbocycles. The molecule has 8 heteroatoms. The highest BCUT2D eigenvalue weighted by Crippen LogP contribution is 2.24. The van der Waals surface area contributed by atoms with E-state index in [1.165, 1.54) is 6.20 Å². The van der Waals surface area contributed by atoms with E-state index in [1.54, 1.807) is 0 Å². The number of hydrogen-bond donors (Lipinski definition) is 2. The summed E-state index contributed by atoms with van der Waals surface area (Å²) in [5.41, 5.74) is 1.18. The van der Waals surface area contributed by atoms with Gasteiger partial charge in [0, 0.05) is 11.1 Å². The molecule has 2 aromatic rings. The molecule has 1 unspecified atom stereocenters. The molecular weight excluding hydrogens is 338 g/mol. The van der Waals surface area contributed by atoms with E-state index in [9.17, 15) is 9.59 Å². The summed E-state index contributed by atoms with van der Waals surface area (Å²) < 4.78 is 0. The summed E-state index contributed by atoms with van der Waals surface area (Å²) in [7, 11) is 0. The molecule has 25 heavy (non-hydrogen) atoms. The van der Waals surface area contributed by atoms with Gasteiger partial charge in [0.1, 0.15) is 0 Å². The first-order valence-electron chi connectivity index (χ1n) is 7.60. The molecule has 0 saturated carbocycles. The van der Waals surface area contributed by atoms with E-state index in [0.717, 1.165) is 28.2 Å². The van der Waals surface area contributed by atoms with Crippen LogP contribution < -0.4 is 10.6 Å². The maximum atomic E-state index is 12.3. The second-order valence-electron chi connectivity index (χ2n) is 5.44. The van der Waals surface area contributed by atoms with Crippen molar-refractivity contribution in [3.63, 3.8) is 0 Å². The molecule has 0 saturated heterocycles. The number of hydrogen-bond acceptors (Lipinski definition) is 6. The fourth-order valence-electron chi connectivity index (χ4n) is 2.60. The largest absolute Gasteiger partial charge is 0.325 e. The third kappa shape index (κ3) is 3.16. The van der Waals surface area contributed by atoms with Crippen LogP contribution in [0.15, 0.2) is 69.5 Å². The van der Waals surface area contributed by atoms with Gasteiger partial charge in [0.05, 0.1) is 17.5 Å². The van der Waals surface area contributed by atoms with Crippen LogP contribution in [0.3, 0.4) is 0 Å². The Morgan fingerprint density at radius 2 is 2.04 bits per heavy atom. The van der Waals surface area contributed by atoms with Gasteiger partial charge in [0.25, 0.3) is 5.91 Å². The van der Waals surface area contributed by atoms with E-state index in [4.69, 9.17) is 0 Å². The maximum absolute atomic E-state index is 12.3. The molecule has 2 heterocycles. The predicted molar refractivity (Wildman–Crippen MR) is 97.3 cm³/mol. The van der Waals surface area contributed by atoms with Crippen molar-refractivity contribution in [2.75, 3.05) is 11.1 Å². The molecule has 4 rings (SSSR count). The van der Waals surface area contributed by atoms with Crippen LogP contribution in [0.5, 0.6) is 0 Å². The number of nitrogens with one attached hydrogen (secondary N) is 2. The first kappa shape index (κ1) is 15.5. The Kier molecular flexibility index (Phi) is 4.02. The number of amides is 2. The lowest BCUT2D eigenvalue weighted by atomic mass is 10.1. The number of thioether (sulfide) groups is 1. The van der Waals surface area contributed by atoms with E-state index in [0.29, 0.717) is 10.7 Å². The summed E-state index contributed by atoms with van der Waals surface area (Å²) in [6, 6.07) is 13.6. The van der Waals surface area contributed by atoms with Crippen molar-refractivity contribution >= 4 is 45.2 Å². The Morgan fingerprint density at radius 1 is 1.20 bits per heavy atom. The molecule has 2 aromatic carbocycles. The third-order valence-corrected chi connectivity index (χ3v) is 4.66. The zero-order valence-electron chi connectivity index (χ0n) is 13.0. The lowest BCUT2D eigenvalue weighted by Crippen LogP contribution is -2.38. The van der Waals surface area contributed by atoms with Gasteiger partial charge in [-0.25, -0.2) is 4.99 Å². The van der Waals surface area contributed by atoms with Crippen LogP contribution >= 0.6 is 11.8 Å². The van der Waals surface area contributed by atoms with E-state index < -0.39 is 6.17 Å². The van der Waals surface area contributed by atoms with Crippen LogP contribution in [0.2, 0.25) is 0 Å². The summed E-state index contributed by atoms with van der Waals surface area (Å²) in [6.07, 6.45) is 0.815. The van der Waals surface area contributed by atoms with Crippen LogP contribution in [0.25, 0.3) is 10.8 Å². The second kappa shape index (κ2) is 6.48. The molecule has 0 bridgehead atoms. The van der Waals surface area contributed by atoms with Gasteiger partial charge in [0.15, 0.2) is 11.3 Å². The van der Waals surface area contributed by atoms with E-state index in [1.807, 2.05) is 42.5 Å². The maximum Gasteiger partial charge on any atom is 0.258 e. The topological polar surface area (TPSA) is 95.3 Å². The number of fused-ring (bicyclic) bond motifs is 2. The third-order valence-electron chi connectivity index (χ3n) is 3.78. The molecule has 1 atom stereocenters. The number of benzene rings is 2. The van der Waals surface area contributed by atoms with Crippen LogP contribution in [0, 0.1) is 0 Å². The minimum absolute atomic E-state index is 0.130. The van der Waals surface area contributed by atoms with Crippen LogP contribution in [-0.2, 0) is 9.59 Å². The van der Waals surface area contributed by atoms with Crippen molar-refractivity contribution in [1.29, 1.82) is 0 Å². The zero-order chi connectivity index (χ0) is 17.2. The van der Waals surface area contributed by atoms with Gasteiger partial charge in [-0.1, -0.05) is 48.2 Å². The highest BCUT2D eigenvalue weighted by molar-refractivity contribution is 8.14. The molecule has 2 aliphatic heterocycles. The fourth-order valence-corrected chi connectivity index (χ4v) is 3.28. The van der Waals surface area contributed by atoms with E-state index in [2.05, 4.69) is 25.9 Å². The molecule has 0 radical (unpaired) electrons. The minimum atomic E-state index is -0.586. The van der Waals surface area contributed by atoms with Crippen molar-refractivity contribution in [2.45, 2.75) is 6.17 Å². The minimum Gasteiger partial charge on any atom is -0.325 e. The van der Waals surface area contributed by atoms with E-state index >= 15 is 0 Å². The fraction of sp³-hybridized carbons (Fsp3) is 0.118. The van der Waals surface area contributed by atoms with Crippen molar-refractivity contribution < 1.29 is 9.59 Å². The number of azo groups is 1. The summed E-state index contributed by atoms with van der Waals surface area (Å²) in [5, 5.41) is 15.5. The van der Waals surface area contributed by atoms with Crippen molar-refractivity contribution in [1.82, 2.24) is 5.32 Å². The SMILES string of the molecule is O=C(CSC1=NC2N=NC=C2C(=O)N1)Nc1cccc2ccccc12. The molecule has 0 spiro atoms. The van der Waals surface area contributed by atoms with Gasteiger partial charge < -0.3 is 10.6 Å². The van der Waals surface area contributed by atoms with Crippen LogP contribution in [0.4, 0.5) is 5.69 Å². The smallest absolute Gasteiger partial charge is 0.258 e. The molecule has 2 aliphatic rings. The summed E-state index contributed by atoms with van der Waals surface area (Å²) in [4.78, 5) is 28.4. The molecule has 7 nitrogen and oxygen atoms in total. The number of amidine groups is 1. The lowest BCUT2D eigenvalue weighted by molar-refractivity contribution is -0.116. The average Bonchev–Trinajstić information content (AvgIpc) is 3.10. The van der Waals surface area contributed by atoms with Crippen LogP contribution in [-0.4, -0.2) is 28.9 Å². The number of rotatable bonds is 3. The highest BCUT2D eigenvalue weighted by atomic mass is 32.2. The molecule has 124 valence electrons. The summed E-state index contributed by atoms with van der Waals surface area (Å²) in [6.45, 7) is 0. The lowest BCUT2D eigenvalue weighted by Gasteiger charge is -2.17.